The van der Waals surface area contributed by atoms with Crippen molar-refractivity contribution < 1.29 is 4.79 Å². The molecule has 3 rings (SSSR count). The van der Waals surface area contributed by atoms with E-state index in [2.05, 4.69) is 49.1 Å². The number of thiophene rings is 1. The van der Waals surface area contributed by atoms with Gasteiger partial charge in [-0.15, -0.1) is 11.3 Å². The standard InChI is InChI=1S/C21H29N5OS/c1-13(2)26-20-18(12-23-26)17(21(27)22-8-7-9-25(5)6)11-19(24-20)16-10-14(3)28-15(16)4/h10-13H,7-9H2,1-6H3,(H,22,27). The van der Waals surface area contributed by atoms with Gasteiger partial charge in [-0.25, -0.2) is 9.67 Å². The first-order chi connectivity index (χ1) is 13.3. The molecule has 28 heavy (non-hydrogen) atoms. The molecular weight excluding hydrogens is 370 g/mol. The number of hydrogen-bond donors (Lipinski definition) is 1. The molecule has 0 saturated heterocycles. The number of carbonyl (C=O) groups excluding carboxylic acids is 1. The van der Waals surface area contributed by atoms with Gasteiger partial charge >= 0.3 is 0 Å². The van der Waals surface area contributed by atoms with Crippen molar-refractivity contribution in [3.8, 4) is 11.3 Å². The second-order valence-electron chi connectivity index (χ2n) is 7.71. The lowest BCUT2D eigenvalue weighted by Gasteiger charge is -2.12. The van der Waals surface area contributed by atoms with Gasteiger partial charge in [0.2, 0.25) is 0 Å². The molecule has 0 aliphatic rings. The maximum atomic E-state index is 13.0. The summed E-state index contributed by atoms with van der Waals surface area (Å²) in [5, 5.41) is 8.34. The lowest BCUT2D eigenvalue weighted by atomic mass is 10.1. The molecule has 3 heterocycles. The van der Waals surface area contributed by atoms with E-state index in [0.29, 0.717) is 12.1 Å². The molecule has 0 saturated carbocycles. The van der Waals surface area contributed by atoms with E-state index in [-0.39, 0.29) is 11.9 Å². The first-order valence-corrected chi connectivity index (χ1v) is 10.5. The summed E-state index contributed by atoms with van der Waals surface area (Å²) in [4.78, 5) is 22.4. The molecule has 1 N–H and O–H groups in total. The number of nitrogens with zero attached hydrogens (tertiary/aromatic N) is 4. The third-order valence-electron chi connectivity index (χ3n) is 4.69. The molecule has 0 aromatic carbocycles. The number of rotatable bonds is 7. The minimum absolute atomic E-state index is 0.0692. The summed E-state index contributed by atoms with van der Waals surface area (Å²) in [6.45, 7) is 9.92. The molecule has 0 aliphatic heterocycles. The average molecular weight is 400 g/mol. The summed E-state index contributed by atoms with van der Waals surface area (Å²) in [5.41, 5.74) is 3.31. The van der Waals surface area contributed by atoms with Crippen molar-refractivity contribution in [3.63, 3.8) is 0 Å². The second-order valence-corrected chi connectivity index (χ2v) is 9.18. The van der Waals surface area contributed by atoms with Crippen LogP contribution in [-0.2, 0) is 0 Å². The molecule has 0 aliphatic carbocycles. The SMILES string of the molecule is Cc1cc(-c2cc(C(=O)NCCCN(C)C)c3cnn(C(C)C)c3n2)c(C)s1. The van der Waals surface area contributed by atoms with Crippen molar-refractivity contribution in [2.45, 2.75) is 40.2 Å². The molecular formula is C21H29N5OS. The van der Waals surface area contributed by atoms with Gasteiger partial charge in [0.05, 0.1) is 22.8 Å². The fourth-order valence-electron chi connectivity index (χ4n) is 3.30. The van der Waals surface area contributed by atoms with Crippen LogP contribution in [0.2, 0.25) is 0 Å². The molecule has 0 bridgehead atoms. The number of nitrogens with one attached hydrogen (secondary N) is 1. The number of aryl methyl sites for hydroxylation is 2. The maximum absolute atomic E-state index is 13.0. The molecule has 6 nitrogen and oxygen atoms in total. The number of amides is 1. The van der Waals surface area contributed by atoms with E-state index in [1.165, 1.54) is 9.75 Å². The smallest absolute Gasteiger partial charge is 0.252 e. The van der Waals surface area contributed by atoms with Crippen LogP contribution in [0.3, 0.4) is 0 Å². The predicted molar refractivity (Wildman–Crippen MR) is 116 cm³/mol. The van der Waals surface area contributed by atoms with Crippen LogP contribution in [0.25, 0.3) is 22.3 Å². The topological polar surface area (TPSA) is 63.1 Å². The van der Waals surface area contributed by atoms with Crippen LogP contribution in [0, 0.1) is 13.8 Å². The molecule has 3 aromatic rings. The van der Waals surface area contributed by atoms with Crippen LogP contribution >= 0.6 is 11.3 Å². The van der Waals surface area contributed by atoms with Crippen molar-refractivity contribution >= 4 is 28.3 Å². The summed E-state index contributed by atoms with van der Waals surface area (Å²) in [6, 6.07) is 4.22. The quantitative estimate of drug-likeness (QED) is 0.609. The van der Waals surface area contributed by atoms with Gasteiger partial charge in [0.1, 0.15) is 0 Å². The molecule has 0 atom stereocenters. The third kappa shape index (κ3) is 4.25. The summed E-state index contributed by atoms with van der Waals surface area (Å²) in [5.74, 6) is -0.0692. The van der Waals surface area contributed by atoms with Gasteiger partial charge in [-0.2, -0.15) is 5.10 Å². The third-order valence-corrected chi connectivity index (χ3v) is 5.65. The van der Waals surface area contributed by atoms with Crippen LogP contribution in [-0.4, -0.2) is 52.8 Å². The lowest BCUT2D eigenvalue weighted by molar-refractivity contribution is 0.0954. The van der Waals surface area contributed by atoms with Gasteiger partial charge in [0.15, 0.2) is 5.65 Å². The van der Waals surface area contributed by atoms with Crippen LogP contribution in [0.4, 0.5) is 0 Å². The summed E-state index contributed by atoms with van der Waals surface area (Å²) >= 11 is 1.75. The number of carbonyl (C=O) groups is 1. The van der Waals surface area contributed by atoms with Crippen molar-refractivity contribution in [2.24, 2.45) is 0 Å². The molecule has 1 amide bonds. The van der Waals surface area contributed by atoms with E-state index >= 15 is 0 Å². The zero-order valence-corrected chi connectivity index (χ0v) is 18.4. The first kappa shape index (κ1) is 20.5. The Balaban J connectivity index is 2.02. The van der Waals surface area contributed by atoms with E-state index in [0.717, 1.165) is 35.3 Å². The monoisotopic (exact) mass is 399 g/mol. The predicted octanol–water partition coefficient (Wildman–Crippen LogP) is 4.04. The van der Waals surface area contributed by atoms with Gasteiger partial charge in [0, 0.05) is 27.9 Å². The summed E-state index contributed by atoms with van der Waals surface area (Å²) in [6.07, 6.45) is 2.67. The van der Waals surface area contributed by atoms with E-state index < -0.39 is 0 Å². The highest BCUT2D eigenvalue weighted by Crippen LogP contribution is 2.32. The van der Waals surface area contributed by atoms with Crippen LogP contribution < -0.4 is 5.32 Å². The van der Waals surface area contributed by atoms with Gasteiger partial charge in [-0.1, -0.05) is 0 Å². The largest absolute Gasteiger partial charge is 0.352 e. The zero-order valence-electron chi connectivity index (χ0n) is 17.5. The Bertz CT molecular complexity index is 986. The Hall–Kier alpha value is -2.25. The fourth-order valence-corrected chi connectivity index (χ4v) is 4.23. The van der Waals surface area contributed by atoms with E-state index in [1.807, 2.05) is 24.8 Å². The van der Waals surface area contributed by atoms with E-state index in [1.54, 1.807) is 17.5 Å². The lowest BCUT2D eigenvalue weighted by Crippen LogP contribution is -2.27. The van der Waals surface area contributed by atoms with Crippen molar-refractivity contribution in [1.29, 1.82) is 0 Å². The number of hydrogen-bond acceptors (Lipinski definition) is 5. The van der Waals surface area contributed by atoms with Crippen molar-refractivity contribution in [3.05, 3.63) is 33.6 Å². The Labute approximate surface area is 170 Å². The number of pyridine rings is 1. The number of aromatic nitrogens is 3. The molecule has 0 radical (unpaired) electrons. The Morgan fingerprint density at radius 1 is 1.29 bits per heavy atom. The van der Waals surface area contributed by atoms with Crippen LogP contribution in [0.1, 0.15) is 46.4 Å². The normalized spacial score (nSPS) is 11.7. The Kier molecular flexibility index (Phi) is 6.15. The minimum Gasteiger partial charge on any atom is -0.352 e. The molecule has 0 spiro atoms. The minimum atomic E-state index is -0.0692. The zero-order chi connectivity index (χ0) is 20.4. The van der Waals surface area contributed by atoms with Gasteiger partial charge in [0.25, 0.3) is 5.91 Å². The van der Waals surface area contributed by atoms with Crippen molar-refractivity contribution in [1.82, 2.24) is 25.0 Å². The molecule has 3 aromatic heterocycles. The van der Waals surface area contributed by atoms with Gasteiger partial charge in [-0.05, 0) is 66.9 Å². The highest BCUT2D eigenvalue weighted by Gasteiger charge is 2.19. The molecule has 150 valence electrons. The highest BCUT2D eigenvalue weighted by molar-refractivity contribution is 7.12. The molecule has 7 heteroatoms. The first-order valence-electron chi connectivity index (χ1n) is 9.66. The Morgan fingerprint density at radius 3 is 2.64 bits per heavy atom. The van der Waals surface area contributed by atoms with E-state index in [4.69, 9.17) is 4.98 Å². The van der Waals surface area contributed by atoms with Gasteiger partial charge in [-0.3, -0.25) is 4.79 Å². The average Bonchev–Trinajstić information content (AvgIpc) is 3.20. The fraction of sp³-hybridized carbons (Fsp3) is 0.476. The summed E-state index contributed by atoms with van der Waals surface area (Å²) in [7, 11) is 4.07. The van der Waals surface area contributed by atoms with Crippen LogP contribution in [0.5, 0.6) is 0 Å². The maximum Gasteiger partial charge on any atom is 0.252 e. The van der Waals surface area contributed by atoms with Crippen LogP contribution in [0.15, 0.2) is 18.3 Å². The molecule has 0 unspecified atom stereocenters. The number of fused-ring (bicyclic) bond motifs is 1. The van der Waals surface area contributed by atoms with Gasteiger partial charge < -0.3 is 10.2 Å². The van der Waals surface area contributed by atoms with Crippen molar-refractivity contribution in [2.75, 3.05) is 27.2 Å². The highest BCUT2D eigenvalue weighted by atomic mass is 32.1. The van der Waals surface area contributed by atoms with E-state index in [9.17, 15) is 4.79 Å². The second kappa shape index (κ2) is 8.41. The molecule has 0 fully saturated rings. The Morgan fingerprint density at radius 2 is 2.04 bits per heavy atom. The summed E-state index contributed by atoms with van der Waals surface area (Å²) < 4.78 is 1.89.